The van der Waals surface area contributed by atoms with Crippen molar-refractivity contribution in [1.82, 2.24) is 4.90 Å². The van der Waals surface area contributed by atoms with E-state index in [0.717, 1.165) is 3.57 Å². The van der Waals surface area contributed by atoms with Gasteiger partial charge in [0.25, 0.3) is 0 Å². The smallest absolute Gasteiger partial charge is 0.324 e. The lowest BCUT2D eigenvalue weighted by Gasteiger charge is -2.33. The molecule has 1 aliphatic rings. The summed E-state index contributed by atoms with van der Waals surface area (Å²) in [5.74, 6) is -1.60. The molecule has 1 N–H and O–H groups in total. The van der Waals surface area contributed by atoms with Gasteiger partial charge in [-0.25, -0.2) is 0 Å². The molecule has 0 aliphatic carbocycles. The first-order valence-corrected chi connectivity index (χ1v) is 7.77. The van der Waals surface area contributed by atoms with Crippen LogP contribution < -0.4 is 5.32 Å². The minimum Gasteiger partial charge on any atom is -0.324 e. The van der Waals surface area contributed by atoms with Gasteiger partial charge in [0.15, 0.2) is 0 Å². The molecule has 1 heterocycles. The van der Waals surface area contributed by atoms with Crippen molar-refractivity contribution in [2.45, 2.75) is 19.0 Å². The molecule has 2 rings (SSSR count). The third-order valence-corrected chi connectivity index (χ3v) is 4.42. The van der Waals surface area contributed by atoms with Crippen molar-refractivity contribution in [2.24, 2.45) is 5.92 Å². The van der Waals surface area contributed by atoms with Crippen LogP contribution in [0.15, 0.2) is 24.3 Å². The molecule has 3 nitrogen and oxygen atoms in total. The summed E-state index contributed by atoms with van der Waals surface area (Å²) in [5.41, 5.74) is 0.687. The molecule has 21 heavy (non-hydrogen) atoms. The van der Waals surface area contributed by atoms with Crippen molar-refractivity contribution in [2.75, 3.05) is 25.0 Å². The maximum absolute atomic E-state index is 12.7. The Labute approximate surface area is 135 Å². The number of halogens is 4. The van der Waals surface area contributed by atoms with Crippen molar-refractivity contribution in [3.05, 3.63) is 27.8 Å². The quantitative estimate of drug-likeness (QED) is 0.772. The minimum absolute atomic E-state index is 0.00243. The van der Waals surface area contributed by atoms with Crippen LogP contribution in [0.4, 0.5) is 18.9 Å². The van der Waals surface area contributed by atoms with Gasteiger partial charge >= 0.3 is 6.18 Å². The predicted molar refractivity (Wildman–Crippen MR) is 83.0 cm³/mol. The van der Waals surface area contributed by atoms with Crippen molar-refractivity contribution >= 4 is 34.2 Å². The van der Waals surface area contributed by atoms with E-state index in [-0.39, 0.29) is 25.4 Å². The van der Waals surface area contributed by atoms with Crippen LogP contribution in [-0.4, -0.2) is 36.6 Å². The number of likely N-dealkylation sites (tertiary alicyclic amines) is 1. The van der Waals surface area contributed by atoms with Gasteiger partial charge in [0, 0.05) is 10.1 Å². The Morgan fingerprint density at radius 1 is 1.38 bits per heavy atom. The highest BCUT2D eigenvalue weighted by molar-refractivity contribution is 14.1. The molecule has 0 saturated carbocycles. The number of anilines is 1. The number of alkyl halides is 3. The van der Waals surface area contributed by atoms with Crippen LogP contribution in [-0.2, 0) is 4.79 Å². The van der Waals surface area contributed by atoms with Gasteiger partial charge in [0.05, 0.1) is 18.2 Å². The molecular weight excluding hydrogens is 396 g/mol. The summed E-state index contributed by atoms with van der Waals surface area (Å²) in [6.07, 6.45) is -3.55. The first-order chi connectivity index (χ1) is 9.86. The minimum atomic E-state index is -4.18. The Kier molecular flexibility index (Phi) is 5.48. The number of carbonyl (C=O) groups excluding carboxylic acids is 1. The second kappa shape index (κ2) is 6.95. The first-order valence-electron chi connectivity index (χ1n) is 6.69. The number of rotatable bonds is 3. The van der Waals surface area contributed by atoms with Crippen molar-refractivity contribution < 1.29 is 18.0 Å². The lowest BCUT2D eigenvalue weighted by atomic mass is 9.97. The van der Waals surface area contributed by atoms with E-state index in [2.05, 4.69) is 27.9 Å². The largest absolute Gasteiger partial charge is 0.393 e. The van der Waals surface area contributed by atoms with Gasteiger partial charge in [-0.15, -0.1) is 0 Å². The molecule has 0 radical (unpaired) electrons. The van der Waals surface area contributed by atoms with Crippen LogP contribution in [0.5, 0.6) is 0 Å². The first kappa shape index (κ1) is 16.5. The van der Waals surface area contributed by atoms with Crippen LogP contribution in [0.3, 0.4) is 0 Å². The molecule has 1 amide bonds. The Balaban J connectivity index is 1.89. The lowest BCUT2D eigenvalue weighted by Crippen LogP contribution is -2.44. The van der Waals surface area contributed by atoms with Gasteiger partial charge in [0.2, 0.25) is 5.91 Å². The molecule has 1 aromatic carbocycles. The van der Waals surface area contributed by atoms with E-state index in [4.69, 9.17) is 0 Å². The second-order valence-electron chi connectivity index (χ2n) is 5.14. The SMILES string of the molecule is O=C(CN1CCCC(C(F)(F)F)C1)Nc1ccccc1I. The molecule has 1 unspecified atom stereocenters. The fourth-order valence-corrected chi connectivity index (χ4v) is 2.94. The third-order valence-electron chi connectivity index (χ3n) is 3.48. The number of carbonyl (C=O) groups is 1. The second-order valence-corrected chi connectivity index (χ2v) is 6.31. The number of hydrogen-bond acceptors (Lipinski definition) is 2. The Morgan fingerprint density at radius 3 is 2.76 bits per heavy atom. The third kappa shape index (κ3) is 4.84. The number of benzene rings is 1. The summed E-state index contributed by atoms with van der Waals surface area (Å²) in [4.78, 5) is 13.5. The van der Waals surface area contributed by atoms with Gasteiger partial charge in [-0.2, -0.15) is 13.2 Å². The normalized spacial score (nSPS) is 20.3. The Morgan fingerprint density at radius 2 is 2.10 bits per heavy atom. The molecule has 1 fully saturated rings. The van der Waals surface area contributed by atoms with Crippen LogP contribution in [0.2, 0.25) is 0 Å². The highest BCUT2D eigenvalue weighted by atomic mass is 127. The number of nitrogens with one attached hydrogen (secondary N) is 1. The number of piperidine rings is 1. The number of nitrogens with zero attached hydrogens (tertiary/aromatic N) is 1. The van der Waals surface area contributed by atoms with Crippen LogP contribution in [0.25, 0.3) is 0 Å². The van der Waals surface area contributed by atoms with Gasteiger partial charge in [-0.1, -0.05) is 12.1 Å². The average molecular weight is 412 g/mol. The summed E-state index contributed by atoms with van der Waals surface area (Å²) in [7, 11) is 0. The monoisotopic (exact) mass is 412 g/mol. The van der Waals surface area contributed by atoms with Crippen LogP contribution >= 0.6 is 22.6 Å². The van der Waals surface area contributed by atoms with Gasteiger partial charge in [-0.05, 0) is 54.1 Å². The summed E-state index contributed by atoms with van der Waals surface area (Å²) in [6, 6.07) is 7.29. The maximum Gasteiger partial charge on any atom is 0.393 e. The zero-order chi connectivity index (χ0) is 15.5. The topological polar surface area (TPSA) is 32.3 Å². The molecule has 0 bridgehead atoms. The van der Waals surface area contributed by atoms with Gasteiger partial charge in [-0.3, -0.25) is 9.69 Å². The number of amides is 1. The molecule has 116 valence electrons. The molecule has 0 aromatic heterocycles. The summed E-state index contributed by atoms with van der Waals surface area (Å²) in [6.45, 7) is 0.437. The average Bonchev–Trinajstić information content (AvgIpc) is 2.41. The molecule has 7 heteroatoms. The van der Waals surface area contributed by atoms with E-state index in [0.29, 0.717) is 18.7 Å². The highest BCUT2D eigenvalue weighted by Gasteiger charge is 2.41. The van der Waals surface area contributed by atoms with E-state index < -0.39 is 12.1 Å². The van der Waals surface area contributed by atoms with E-state index >= 15 is 0 Å². The summed E-state index contributed by atoms with van der Waals surface area (Å²) >= 11 is 2.10. The maximum atomic E-state index is 12.7. The fraction of sp³-hybridized carbons (Fsp3) is 0.500. The fourth-order valence-electron chi connectivity index (χ4n) is 2.42. The van der Waals surface area contributed by atoms with Crippen molar-refractivity contribution in [1.29, 1.82) is 0 Å². The highest BCUT2D eigenvalue weighted by Crippen LogP contribution is 2.33. The molecular formula is C14H16F3IN2O. The predicted octanol–water partition coefficient (Wildman–Crippen LogP) is 3.50. The summed E-state index contributed by atoms with van der Waals surface area (Å²) in [5, 5.41) is 2.74. The van der Waals surface area contributed by atoms with E-state index in [1.54, 1.807) is 17.0 Å². The molecule has 1 saturated heterocycles. The van der Waals surface area contributed by atoms with E-state index in [1.807, 2.05) is 12.1 Å². The molecule has 0 spiro atoms. The van der Waals surface area contributed by atoms with Gasteiger partial charge < -0.3 is 5.32 Å². The Bertz CT molecular complexity index is 507. The van der Waals surface area contributed by atoms with E-state index in [9.17, 15) is 18.0 Å². The van der Waals surface area contributed by atoms with Crippen LogP contribution in [0, 0.1) is 9.49 Å². The van der Waals surface area contributed by atoms with Gasteiger partial charge in [0.1, 0.15) is 0 Å². The standard InChI is InChI=1S/C14H16F3IN2O/c15-14(16,17)10-4-3-7-20(8-10)9-13(21)19-12-6-2-1-5-11(12)18/h1-2,5-6,10H,3-4,7-9H2,(H,19,21). The van der Waals surface area contributed by atoms with Crippen LogP contribution in [0.1, 0.15) is 12.8 Å². The molecule has 1 aliphatic heterocycles. The lowest BCUT2D eigenvalue weighted by molar-refractivity contribution is -0.186. The Hall–Kier alpha value is -0.830. The number of para-hydroxylation sites is 1. The van der Waals surface area contributed by atoms with Crippen molar-refractivity contribution in [3.8, 4) is 0 Å². The number of hydrogen-bond donors (Lipinski definition) is 1. The molecule has 1 atom stereocenters. The van der Waals surface area contributed by atoms with Crippen molar-refractivity contribution in [3.63, 3.8) is 0 Å². The van der Waals surface area contributed by atoms with E-state index in [1.165, 1.54) is 0 Å². The molecule has 1 aromatic rings. The zero-order valence-corrected chi connectivity index (χ0v) is 13.4. The summed E-state index contributed by atoms with van der Waals surface area (Å²) < 4.78 is 39.1. The zero-order valence-electron chi connectivity index (χ0n) is 11.3.